The van der Waals surface area contributed by atoms with Gasteiger partial charge in [-0.1, -0.05) is 0 Å². The van der Waals surface area contributed by atoms with Crippen LogP contribution in [0.15, 0.2) is 17.1 Å². The Labute approximate surface area is 113 Å². The lowest BCUT2D eigenvalue weighted by Crippen LogP contribution is -2.27. The number of halogens is 3. The van der Waals surface area contributed by atoms with Crippen molar-refractivity contribution in [1.82, 2.24) is 9.78 Å². The van der Waals surface area contributed by atoms with E-state index in [0.29, 0.717) is 0 Å². The van der Waals surface area contributed by atoms with E-state index < -0.39 is 18.3 Å². The Bertz CT molecular complexity index is 474. The highest BCUT2D eigenvalue weighted by atomic mass is 19.4. The number of nitrogens with two attached hydrogens (primary N) is 1. The summed E-state index contributed by atoms with van der Waals surface area (Å²) in [4.78, 5) is 11.6. The molecule has 0 radical (unpaired) electrons. The summed E-state index contributed by atoms with van der Waals surface area (Å²) in [7, 11) is 0. The van der Waals surface area contributed by atoms with E-state index in [1.54, 1.807) is 6.92 Å². The summed E-state index contributed by atoms with van der Waals surface area (Å²) in [5.74, 6) is 0.264. The Kier molecular flexibility index (Phi) is 5.96. The van der Waals surface area contributed by atoms with Crippen molar-refractivity contribution in [3.8, 4) is 5.75 Å². The summed E-state index contributed by atoms with van der Waals surface area (Å²) in [6, 6.07) is 1.01. The monoisotopic (exact) mass is 295 g/mol. The number of alkyl halides is 3. The molecule has 20 heavy (non-hydrogen) atoms. The third kappa shape index (κ3) is 6.53. The molecule has 0 aliphatic heterocycles. The van der Waals surface area contributed by atoms with Crippen LogP contribution in [0.1, 0.15) is 6.92 Å². The Morgan fingerprint density at radius 2 is 2.20 bits per heavy atom. The lowest BCUT2D eigenvalue weighted by molar-refractivity contribution is -0.174. The van der Waals surface area contributed by atoms with Gasteiger partial charge < -0.3 is 15.2 Å². The van der Waals surface area contributed by atoms with E-state index in [0.717, 1.165) is 4.68 Å². The van der Waals surface area contributed by atoms with E-state index in [-0.39, 0.29) is 31.5 Å². The third-order valence-corrected chi connectivity index (χ3v) is 2.07. The number of nitrogens with zero attached hydrogens (tertiary/aromatic N) is 2. The fraction of sp³-hybridized carbons (Fsp3) is 0.636. The molecule has 0 amide bonds. The van der Waals surface area contributed by atoms with Crippen LogP contribution in [0, 0.1) is 0 Å². The Morgan fingerprint density at radius 3 is 2.75 bits per heavy atom. The topological polar surface area (TPSA) is 79.4 Å². The Hall–Kier alpha value is -1.61. The molecule has 1 heterocycles. The zero-order valence-electron chi connectivity index (χ0n) is 10.9. The van der Waals surface area contributed by atoms with Crippen LogP contribution in [0.5, 0.6) is 5.75 Å². The molecule has 9 heteroatoms. The SMILES string of the molecule is CC(N)COc1cnn(CCOCC(F)(F)F)c(=O)c1. The van der Waals surface area contributed by atoms with Crippen LogP contribution < -0.4 is 16.0 Å². The van der Waals surface area contributed by atoms with Crippen molar-refractivity contribution in [2.45, 2.75) is 25.7 Å². The molecule has 114 valence electrons. The molecule has 0 fully saturated rings. The van der Waals surface area contributed by atoms with Gasteiger partial charge in [-0.15, -0.1) is 0 Å². The molecule has 0 saturated carbocycles. The zero-order valence-corrected chi connectivity index (χ0v) is 10.9. The molecule has 1 atom stereocenters. The summed E-state index contributed by atoms with van der Waals surface area (Å²) in [6.45, 7) is 0.304. The van der Waals surface area contributed by atoms with E-state index in [9.17, 15) is 18.0 Å². The zero-order chi connectivity index (χ0) is 15.2. The lowest BCUT2D eigenvalue weighted by atomic mass is 10.4. The van der Waals surface area contributed by atoms with E-state index in [2.05, 4.69) is 9.84 Å². The maximum Gasteiger partial charge on any atom is 0.411 e. The fourth-order valence-corrected chi connectivity index (χ4v) is 1.23. The molecule has 0 aliphatic rings. The maximum absolute atomic E-state index is 11.8. The molecule has 0 bridgehead atoms. The molecule has 0 aliphatic carbocycles. The average Bonchev–Trinajstić information content (AvgIpc) is 2.32. The second-order valence-corrected chi connectivity index (χ2v) is 4.21. The minimum absolute atomic E-state index is 0.0670. The van der Waals surface area contributed by atoms with E-state index in [4.69, 9.17) is 10.5 Å². The summed E-state index contributed by atoms with van der Waals surface area (Å²) in [5, 5.41) is 3.77. The third-order valence-electron chi connectivity index (χ3n) is 2.07. The molecular weight excluding hydrogens is 279 g/mol. The fourth-order valence-electron chi connectivity index (χ4n) is 1.23. The van der Waals surface area contributed by atoms with E-state index in [1.165, 1.54) is 12.3 Å². The highest BCUT2D eigenvalue weighted by Gasteiger charge is 2.27. The Balaban J connectivity index is 2.46. The van der Waals surface area contributed by atoms with Crippen LogP contribution in [0.25, 0.3) is 0 Å². The van der Waals surface area contributed by atoms with Gasteiger partial charge in [-0.2, -0.15) is 18.3 Å². The predicted molar refractivity (Wildman–Crippen MR) is 64.5 cm³/mol. The highest BCUT2D eigenvalue weighted by Crippen LogP contribution is 2.14. The van der Waals surface area contributed by atoms with Gasteiger partial charge in [-0.3, -0.25) is 4.79 Å². The first kappa shape index (κ1) is 16.4. The summed E-state index contributed by atoms with van der Waals surface area (Å²) in [5.41, 5.74) is 5.00. The van der Waals surface area contributed by atoms with E-state index in [1.807, 2.05) is 0 Å². The van der Waals surface area contributed by atoms with Gasteiger partial charge >= 0.3 is 6.18 Å². The van der Waals surface area contributed by atoms with Crippen molar-refractivity contribution in [3.63, 3.8) is 0 Å². The summed E-state index contributed by atoms with van der Waals surface area (Å²) < 4.78 is 46.1. The van der Waals surface area contributed by atoms with Gasteiger partial charge in [-0.05, 0) is 6.92 Å². The van der Waals surface area contributed by atoms with Crippen LogP contribution in [0.4, 0.5) is 13.2 Å². The van der Waals surface area contributed by atoms with Gasteiger partial charge in [0, 0.05) is 12.1 Å². The van der Waals surface area contributed by atoms with Gasteiger partial charge in [0.2, 0.25) is 0 Å². The molecule has 0 saturated heterocycles. The lowest BCUT2D eigenvalue weighted by Gasteiger charge is -2.10. The molecule has 1 unspecified atom stereocenters. The van der Waals surface area contributed by atoms with Crippen LogP contribution in [-0.2, 0) is 11.3 Å². The second kappa shape index (κ2) is 7.25. The molecule has 2 N–H and O–H groups in total. The van der Waals surface area contributed by atoms with Gasteiger partial charge in [0.25, 0.3) is 5.56 Å². The smallest absolute Gasteiger partial charge is 0.411 e. The van der Waals surface area contributed by atoms with Crippen molar-refractivity contribution < 1.29 is 22.6 Å². The number of rotatable bonds is 7. The summed E-state index contributed by atoms with van der Waals surface area (Å²) in [6.07, 6.45) is -3.08. The first-order chi connectivity index (χ1) is 9.28. The quantitative estimate of drug-likeness (QED) is 0.743. The second-order valence-electron chi connectivity index (χ2n) is 4.21. The average molecular weight is 295 g/mol. The minimum Gasteiger partial charge on any atom is -0.490 e. The van der Waals surface area contributed by atoms with Gasteiger partial charge in [0.15, 0.2) is 0 Å². The van der Waals surface area contributed by atoms with Gasteiger partial charge in [-0.25, -0.2) is 4.68 Å². The Morgan fingerprint density at radius 1 is 1.50 bits per heavy atom. The first-order valence-electron chi connectivity index (χ1n) is 5.88. The van der Waals surface area contributed by atoms with Gasteiger partial charge in [0.1, 0.15) is 19.0 Å². The molecule has 1 rings (SSSR count). The number of hydrogen-bond acceptors (Lipinski definition) is 5. The van der Waals surface area contributed by atoms with E-state index >= 15 is 0 Å². The first-order valence-corrected chi connectivity index (χ1v) is 5.88. The molecule has 0 aromatic carbocycles. The standard InChI is InChI=1S/C11H16F3N3O3/c1-8(15)6-20-9-4-10(18)17(16-5-9)2-3-19-7-11(12,13)14/h4-5,8H,2-3,6-7,15H2,1H3. The minimum atomic E-state index is -4.38. The van der Waals surface area contributed by atoms with Crippen molar-refractivity contribution in [2.75, 3.05) is 19.8 Å². The number of aromatic nitrogens is 2. The number of ether oxygens (including phenoxy) is 2. The highest BCUT2D eigenvalue weighted by molar-refractivity contribution is 5.13. The molecular formula is C11H16F3N3O3. The van der Waals surface area contributed by atoms with Crippen LogP contribution in [0.2, 0.25) is 0 Å². The molecule has 1 aromatic heterocycles. The van der Waals surface area contributed by atoms with Crippen molar-refractivity contribution in [2.24, 2.45) is 5.73 Å². The van der Waals surface area contributed by atoms with Crippen LogP contribution in [0.3, 0.4) is 0 Å². The maximum atomic E-state index is 11.8. The van der Waals surface area contributed by atoms with Gasteiger partial charge in [0.05, 0.1) is 19.3 Å². The van der Waals surface area contributed by atoms with Crippen molar-refractivity contribution >= 4 is 0 Å². The van der Waals surface area contributed by atoms with Crippen molar-refractivity contribution in [1.29, 1.82) is 0 Å². The summed E-state index contributed by atoms with van der Waals surface area (Å²) >= 11 is 0. The molecule has 1 aromatic rings. The predicted octanol–water partition coefficient (Wildman–Crippen LogP) is 0.548. The van der Waals surface area contributed by atoms with Crippen molar-refractivity contribution in [3.05, 3.63) is 22.6 Å². The van der Waals surface area contributed by atoms with Crippen LogP contribution >= 0.6 is 0 Å². The normalized spacial score (nSPS) is 13.2. The molecule has 6 nitrogen and oxygen atoms in total. The molecule has 0 spiro atoms. The van der Waals surface area contributed by atoms with Crippen LogP contribution in [-0.4, -0.2) is 41.8 Å². The number of hydrogen-bond donors (Lipinski definition) is 1. The largest absolute Gasteiger partial charge is 0.490 e.